The first kappa shape index (κ1) is 20.4. The second-order valence-electron chi connectivity index (χ2n) is 8.36. The van der Waals surface area contributed by atoms with Gasteiger partial charge in [-0.3, -0.25) is 19.6 Å². The van der Waals surface area contributed by atoms with Crippen molar-refractivity contribution in [1.82, 2.24) is 14.5 Å². The largest absolute Gasteiger partial charge is 0.573 e. The summed E-state index contributed by atoms with van der Waals surface area (Å²) in [4.78, 5) is 20.1. The van der Waals surface area contributed by atoms with Gasteiger partial charge in [-0.15, -0.1) is 13.2 Å². The van der Waals surface area contributed by atoms with Gasteiger partial charge in [0.05, 0.1) is 4.92 Å². The average Bonchev–Trinajstić information content (AvgIpc) is 3.11. The summed E-state index contributed by atoms with van der Waals surface area (Å²) in [5.41, 5.74) is -0.289. The van der Waals surface area contributed by atoms with Gasteiger partial charge >= 0.3 is 6.36 Å². The first-order chi connectivity index (χ1) is 16.5. The Morgan fingerprint density at radius 2 is 1.97 bits per heavy atom. The van der Waals surface area contributed by atoms with Crippen LogP contribution in [0, 0.1) is 10.1 Å². The lowest BCUT2D eigenvalue weighted by molar-refractivity contribution is -0.385. The maximum absolute atomic E-state index is 12.6. The van der Waals surface area contributed by atoms with Crippen LogP contribution in [0.5, 0.6) is 5.75 Å². The van der Waals surface area contributed by atoms with E-state index < -0.39 is 32.1 Å². The van der Waals surface area contributed by atoms with Crippen LogP contribution in [0.4, 0.5) is 30.5 Å². The molecule has 3 rings (SSSR count). The van der Waals surface area contributed by atoms with Crippen molar-refractivity contribution >= 4 is 36.6 Å². The van der Waals surface area contributed by atoms with Crippen LogP contribution in [0.1, 0.15) is 4.11 Å². The molecule has 2 heterocycles. The van der Waals surface area contributed by atoms with Crippen molar-refractivity contribution < 1.29 is 31.7 Å². The number of imidazole rings is 1. The molecule has 178 valence electrons. The summed E-state index contributed by atoms with van der Waals surface area (Å²) in [6, 6.07) is 6.64. The standard InChI is InChI=1S/C20H24F3N5O4Si/c1-26-18-17(11-15(12-24-18)28(29)30)25-19(26)27(13-31-9-10-33(2,3)4)14-5-7-16(8-6-14)32-20(21,22)23/h5-8,11-12H,9-10,13H2,1-4H3/i1D3. The lowest BCUT2D eigenvalue weighted by Crippen LogP contribution is -2.27. The molecule has 1 aromatic carbocycles. The third-order valence-corrected chi connectivity index (χ3v) is 6.22. The van der Waals surface area contributed by atoms with Crippen LogP contribution in [0.15, 0.2) is 36.5 Å². The van der Waals surface area contributed by atoms with Gasteiger partial charge in [-0.1, -0.05) is 19.6 Å². The highest BCUT2D eigenvalue weighted by molar-refractivity contribution is 6.76. The van der Waals surface area contributed by atoms with Crippen LogP contribution in [0.3, 0.4) is 0 Å². The first-order valence-electron chi connectivity index (χ1n) is 11.3. The van der Waals surface area contributed by atoms with Crippen molar-refractivity contribution in [3.05, 3.63) is 46.6 Å². The number of hydrogen-bond acceptors (Lipinski definition) is 7. The number of anilines is 2. The van der Waals surface area contributed by atoms with Crippen LogP contribution in [0.25, 0.3) is 11.2 Å². The number of pyridine rings is 1. The molecule has 0 fully saturated rings. The molecule has 0 atom stereocenters. The Bertz CT molecular complexity index is 1230. The number of ether oxygens (including phenoxy) is 2. The summed E-state index contributed by atoms with van der Waals surface area (Å²) in [5.74, 6) is -0.636. The molecule has 0 radical (unpaired) electrons. The second kappa shape index (κ2) is 9.35. The van der Waals surface area contributed by atoms with E-state index in [-0.39, 0.29) is 35.2 Å². The van der Waals surface area contributed by atoms with E-state index in [1.807, 2.05) is 0 Å². The molecule has 0 bridgehead atoms. The van der Waals surface area contributed by atoms with Gasteiger partial charge in [0.2, 0.25) is 5.95 Å². The molecule has 13 heteroatoms. The number of aromatic nitrogens is 3. The van der Waals surface area contributed by atoms with E-state index in [1.165, 1.54) is 17.0 Å². The molecule has 3 aromatic rings. The lowest BCUT2D eigenvalue weighted by atomic mass is 10.3. The van der Waals surface area contributed by atoms with Gasteiger partial charge in [-0.05, 0) is 30.3 Å². The van der Waals surface area contributed by atoms with Gasteiger partial charge in [0.15, 0.2) is 5.65 Å². The predicted octanol–water partition coefficient (Wildman–Crippen LogP) is 5.23. The van der Waals surface area contributed by atoms with Crippen LogP contribution in [0.2, 0.25) is 25.7 Å². The van der Waals surface area contributed by atoms with Gasteiger partial charge in [-0.25, -0.2) is 9.97 Å². The molecule has 33 heavy (non-hydrogen) atoms. The fourth-order valence-corrected chi connectivity index (χ4v) is 3.59. The number of halogens is 3. The second-order valence-corrected chi connectivity index (χ2v) is 14.0. The van der Waals surface area contributed by atoms with Gasteiger partial charge in [-0.2, -0.15) is 0 Å². The van der Waals surface area contributed by atoms with E-state index in [4.69, 9.17) is 8.85 Å². The van der Waals surface area contributed by atoms with E-state index in [9.17, 15) is 23.3 Å². The van der Waals surface area contributed by atoms with Gasteiger partial charge in [0.1, 0.15) is 24.2 Å². The fourth-order valence-electron chi connectivity index (χ4n) is 2.83. The normalized spacial score (nSPS) is 13.9. The smallest absolute Gasteiger partial charge is 0.406 e. The minimum atomic E-state index is -4.88. The minimum absolute atomic E-state index is 0.0422. The molecule has 0 N–H and O–H groups in total. The Balaban J connectivity index is 2.08. The summed E-state index contributed by atoms with van der Waals surface area (Å²) in [5, 5.41) is 11.2. The molecule has 0 spiro atoms. The number of hydrogen-bond donors (Lipinski definition) is 0. The van der Waals surface area contributed by atoms with Gasteiger partial charge in [0, 0.05) is 37.5 Å². The Morgan fingerprint density at radius 3 is 2.55 bits per heavy atom. The van der Waals surface area contributed by atoms with Crippen LogP contribution >= 0.6 is 0 Å². The van der Waals surface area contributed by atoms with Crippen LogP contribution in [-0.2, 0) is 11.7 Å². The number of nitrogens with zero attached hydrogens (tertiary/aromatic N) is 5. The van der Waals surface area contributed by atoms with E-state index >= 15 is 0 Å². The number of nitro groups is 1. The summed E-state index contributed by atoms with van der Waals surface area (Å²) in [6.45, 7) is 3.84. The highest BCUT2D eigenvalue weighted by Crippen LogP contribution is 2.31. The molecule has 0 aliphatic rings. The summed E-state index contributed by atoms with van der Waals surface area (Å²) < 4.78 is 72.3. The fraction of sp³-hybridized carbons (Fsp3) is 0.400. The zero-order valence-corrected chi connectivity index (χ0v) is 19.1. The Hall–Kier alpha value is -3.19. The molecule has 0 aliphatic heterocycles. The van der Waals surface area contributed by atoms with E-state index in [2.05, 4.69) is 34.3 Å². The summed E-state index contributed by atoms with van der Waals surface area (Å²) in [7, 11) is -1.45. The van der Waals surface area contributed by atoms with Crippen molar-refractivity contribution in [1.29, 1.82) is 0 Å². The third-order valence-electron chi connectivity index (χ3n) is 4.52. The summed E-state index contributed by atoms with van der Waals surface area (Å²) >= 11 is 0. The van der Waals surface area contributed by atoms with Crippen molar-refractivity contribution in [3.63, 3.8) is 0 Å². The zero-order valence-electron chi connectivity index (χ0n) is 21.1. The lowest BCUT2D eigenvalue weighted by Gasteiger charge is -2.25. The Kier molecular flexibility index (Phi) is 5.79. The highest BCUT2D eigenvalue weighted by Gasteiger charge is 2.31. The molecule has 9 nitrogen and oxygen atoms in total. The van der Waals surface area contributed by atoms with E-state index in [0.717, 1.165) is 35.0 Å². The predicted molar refractivity (Wildman–Crippen MR) is 119 cm³/mol. The molecular weight excluding hydrogens is 459 g/mol. The van der Waals surface area contributed by atoms with Crippen molar-refractivity contribution in [2.24, 2.45) is 6.98 Å². The topological polar surface area (TPSA) is 95.5 Å². The van der Waals surface area contributed by atoms with Crippen molar-refractivity contribution in [3.8, 4) is 5.75 Å². The number of fused-ring (bicyclic) bond motifs is 1. The molecule has 0 amide bonds. The molecule has 0 saturated carbocycles. The zero-order chi connectivity index (χ0) is 26.9. The minimum Gasteiger partial charge on any atom is -0.406 e. The van der Waals surface area contributed by atoms with Crippen LogP contribution in [-0.4, -0.2) is 47.2 Å². The molecule has 0 saturated heterocycles. The third kappa shape index (κ3) is 6.41. The molecule has 0 aliphatic carbocycles. The van der Waals surface area contributed by atoms with Crippen molar-refractivity contribution in [2.75, 3.05) is 18.2 Å². The maximum atomic E-state index is 12.6. The number of alkyl halides is 3. The van der Waals surface area contributed by atoms with E-state index in [0.29, 0.717) is 6.61 Å². The molecule has 2 aromatic heterocycles. The SMILES string of the molecule is [2H]C([2H])([2H])n1c(N(COCC[Si](C)(C)C)c2ccc(OC(F)(F)F)cc2)nc2cc([N+](=O)[O-])cnc21. The Morgan fingerprint density at radius 1 is 1.27 bits per heavy atom. The molecule has 0 unspecified atom stereocenters. The first-order valence-corrected chi connectivity index (χ1v) is 13.5. The van der Waals surface area contributed by atoms with Crippen molar-refractivity contribution in [2.45, 2.75) is 32.0 Å². The highest BCUT2D eigenvalue weighted by atomic mass is 28.3. The number of benzene rings is 1. The van der Waals surface area contributed by atoms with Gasteiger partial charge < -0.3 is 9.47 Å². The quantitative estimate of drug-likeness (QED) is 0.134. The van der Waals surface area contributed by atoms with Crippen LogP contribution < -0.4 is 9.64 Å². The Labute approximate surface area is 193 Å². The monoisotopic (exact) mass is 486 g/mol. The average molecular weight is 487 g/mol. The number of aryl methyl sites for hydroxylation is 1. The maximum Gasteiger partial charge on any atom is 0.573 e. The number of rotatable bonds is 9. The van der Waals surface area contributed by atoms with Gasteiger partial charge in [0.25, 0.3) is 5.69 Å². The summed E-state index contributed by atoms with van der Waals surface area (Å²) in [6.07, 6.45) is -3.95. The molecular formula is C20H24F3N5O4Si. The van der Waals surface area contributed by atoms with E-state index in [1.54, 1.807) is 0 Å².